The summed E-state index contributed by atoms with van der Waals surface area (Å²) in [5.74, 6) is -0.676. The van der Waals surface area contributed by atoms with Gasteiger partial charge in [0.25, 0.3) is 5.56 Å². The van der Waals surface area contributed by atoms with Crippen LogP contribution in [0.4, 0.5) is 0 Å². The lowest BCUT2D eigenvalue weighted by Gasteiger charge is -2.14. The van der Waals surface area contributed by atoms with Crippen molar-refractivity contribution in [1.29, 1.82) is 0 Å². The van der Waals surface area contributed by atoms with Crippen LogP contribution in [0.3, 0.4) is 0 Å². The third-order valence-electron chi connectivity index (χ3n) is 3.49. The molecule has 3 N–H and O–H groups in total. The maximum absolute atomic E-state index is 12.4. The van der Waals surface area contributed by atoms with Crippen molar-refractivity contribution in [2.75, 3.05) is 0 Å². The monoisotopic (exact) mass is 328 g/mol. The number of hydrogen-bond donors (Lipinski definition) is 2. The van der Waals surface area contributed by atoms with E-state index in [-0.39, 0.29) is 24.0 Å². The molecule has 0 saturated carbocycles. The highest BCUT2D eigenvalue weighted by Crippen LogP contribution is 2.05. The molecule has 1 aromatic carbocycles. The molecule has 0 aliphatic carbocycles. The molecule has 0 spiro atoms. The molecule has 1 atom stereocenters. The van der Waals surface area contributed by atoms with Gasteiger partial charge < -0.3 is 15.6 Å². The molecule has 0 radical (unpaired) electrons. The number of carbonyl (C=O) groups is 1. The van der Waals surface area contributed by atoms with Gasteiger partial charge in [-0.25, -0.2) is 4.98 Å². The molecule has 2 heterocycles. The quantitative estimate of drug-likeness (QED) is 0.654. The molecule has 0 aliphatic heterocycles. The summed E-state index contributed by atoms with van der Waals surface area (Å²) in [7, 11) is 0. The van der Waals surface area contributed by atoms with Gasteiger partial charge in [-0.15, -0.1) is 0 Å². The van der Waals surface area contributed by atoms with Gasteiger partial charge in [0.05, 0.1) is 23.8 Å². The van der Waals surface area contributed by atoms with Gasteiger partial charge in [-0.05, 0) is 19.1 Å². The van der Waals surface area contributed by atoms with Crippen molar-refractivity contribution in [3.05, 3.63) is 52.7 Å². The van der Waals surface area contributed by atoms with Crippen LogP contribution in [0.25, 0.3) is 10.9 Å². The highest BCUT2D eigenvalue weighted by molar-refractivity contribution is 5.87. The summed E-state index contributed by atoms with van der Waals surface area (Å²) in [6.07, 6.45) is 1.53. The average molecular weight is 328 g/mol. The average Bonchev–Trinajstić information content (AvgIpc) is 3.05. The van der Waals surface area contributed by atoms with Crippen LogP contribution >= 0.6 is 0 Å². The topological polar surface area (TPSA) is 129 Å². The Kier molecular flexibility index (Phi) is 4.34. The molecule has 9 nitrogen and oxygen atoms in total. The number of nitrogens with zero attached hydrogens (tertiary/aromatic N) is 4. The van der Waals surface area contributed by atoms with Gasteiger partial charge in [0, 0.05) is 12.6 Å². The fraction of sp³-hybridized carbons (Fsp3) is 0.267. The van der Waals surface area contributed by atoms with E-state index in [1.54, 1.807) is 16.7 Å². The molecule has 3 aromatic rings. The standard InChI is InChI=1S/C15H16N6O3/c1-9(17-6-12-19-14(13(16)22)24-20-12)7-21-8-18-11-5-3-2-4-10(11)15(21)23/h2-5,8-9,17H,6-7H2,1H3,(H2,16,22)/t9-/m1/s1. The van der Waals surface area contributed by atoms with Crippen LogP contribution in [0.1, 0.15) is 23.4 Å². The summed E-state index contributed by atoms with van der Waals surface area (Å²) < 4.78 is 6.25. The van der Waals surface area contributed by atoms with Crippen LogP contribution in [0.2, 0.25) is 0 Å². The minimum absolute atomic E-state index is 0.0545. The second kappa shape index (κ2) is 6.59. The van der Waals surface area contributed by atoms with E-state index in [9.17, 15) is 9.59 Å². The number of fused-ring (bicyclic) bond motifs is 1. The number of primary amides is 1. The van der Waals surface area contributed by atoms with E-state index in [0.29, 0.717) is 23.3 Å². The number of nitrogens with one attached hydrogen (secondary N) is 1. The highest BCUT2D eigenvalue weighted by Gasteiger charge is 2.12. The zero-order chi connectivity index (χ0) is 17.1. The van der Waals surface area contributed by atoms with Crippen molar-refractivity contribution in [3.63, 3.8) is 0 Å². The van der Waals surface area contributed by atoms with Crippen LogP contribution in [0.5, 0.6) is 0 Å². The first-order chi connectivity index (χ1) is 11.5. The Labute approximate surface area is 136 Å². The summed E-state index contributed by atoms with van der Waals surface area (Å²) in [6.45, 7) is 2.63. The first-order valence-electron chi connectivity index (χ1n) is 7.34. The second-order valence-electron chi connectivity index (χ2n) is 5.38. The summed E-state index contributed by atoms with van der Waals surface area (Å²) in [5, 5.41) is 7.37. The van der Waals surface area contributed by atoms with Crippen molar-refractivity contribution in [3.8, 4) is 0 Å². The Hall–Kier alpha value is -3.07. The van der Waals surface area contributed by atoms with Crippen LogP contribution in [-0.2, 0) is 13.1 Å². The lowest BCUT2D eigenvalue weighted by Crippen LogP contribution is -2.34. The third-order valence-corrected chi connectivity index (χ3v) is 3.49. The third kappa shape index (κ3) is 3.30. The van der Waals surface area contributed by atoms with E-state index in [1.807, 2.05) is 19.1 Å². The van der Waals surface area contributed by atoms with Crippen molar-refractivity contribution in [1.82, 2.24) is 25.0 Å². The first-order valence-corrected chi connectivity index (χ1v) is 7.34. The van der Waals surface area contributed by atoms with E-state index < -0.39 is 5.91 Å². The van der Waals surface area contributed by atoms with E-state index in [2.05, 4.69) is 20.4 Å². The van der Waals surface area contributed by atoms with E-state index in [0.717, 1.165) is 0 Å². The Balaban J connectivity index is 1.66. The number of nitrogens with two attached hydrogens (primary N) is 1. The predicted molar refractivity (Wildman–Crippen MR) is 85.1 cm³/mol. The summed E-state index contributed by atoms with van der Waals surface area (Å²) in [6, 6.07) is 7.15. The zero-order valence-electron chi connectivity index (χ0n) is 13.0. The molecule has 124 valence electrons. The predicted octanol–water partition coefficient (Wildman–Crippen LogP) is 0.0567. The molecule has 24 heavy (non-hydrogen) atoms. The normalized spacial score (nSPS) is 12.4. The van der Waals surface area contributed by atoms with Crippen LogP contribution in [0.15, 0.2) is 39.9 Å². The molecular formula is C15H16N6O3. The van der Waals surface area contributed by atoms with E-state index in [1.165, 1.54) is 6.33 Å². The largest absolute Gasteiger partial charge is 0.361 e. The summed E-state index contributed by atoms with van der Waals surface area (Å²) >= 11 is 0. The minimum atomic E-state index is -0.768. The molecule has 2 aromatic heterocycles. The molecule has 0 fully saturated rings. The number of carbonyl (C=O) groups excluding carboxylic acids is 1. The number of hydrogen-bond acceptors (Lipinski definition) is 7. The van der Waals surface area contributed by atoms with Gasteiger partial charge in [-0.1, -0.05) is 17.3 Å². The SMILES string of the molecule is C[C@H](Cn1cnc2ccccc2c1=O)NCc1noc(C(N)=O)n1. The van der Waals surface area contributed by atoms with E-state index in [4.69, 9.17) is 10.3 Å². The van der Waals surface area contributed by atoms with Gasteiger partial charge in [-0.2, -0.15) is 4.98 Å². The Bertz CT molecular complexity index is 932. The van der Waals surface area contributed by atoms with Gasteiger partial charge in [0.1, 0.15) is 0 Å². The van der Waals surface area contributed by atoms with Crippen LogP contribution in [0, 0.1) is 0 Å². The molecule has 9 heteroatoms. The molecule has 0 bridgehead atoms. The van der Waals surface area contributed by atoms with Gasteiger partial charge in [0.15, 0.2) is 5.82 Å². The number of aromatic nitrogens is 4. The fourth-order valence-corrected chi connectivity index (χ4v) is 2.29. The van der Waals surface area contributed by atoms with Gasteiger partial charge in [-0.3, -0.25) is 14.2 Å². The van der Waals surface area contributed by atoms with Crippen molar-refractivity contribution in [2.24, 2.45) is 5.73 Å². The summed E-state index contributed by atoms with van der Waals surface area (Å²) in [5.41, 5.74) is 5.63. The highest BCUT2D eigenvalue weighted by atomic mass is 16.5. The molecular weight excluding hydrogens is 312 g/mol. The number of benzene rings is 1. The van der Waals surface area contributed by atoms with Crippen LogP contribution in [-0.4, -0.2) is 31.6 Å². The van der Waals surface area contributed by atoms with Crippen molar-refractivity contribution >= 4 is 16.8 Å². The smallest absolute Gasteiger partial charge is 0.315 e. The number of rotatable bonds is 6. The van der Waals surface area contributed by atoms with Gasteiger partial charge >= 0.3 is 11.8 Å². The zero-order valence-corrected chi connectivity index (χ0v) is 13.0. The first kappa shape index (κ1) is 15.8. The Morgan fingerprint density at radius 3 is 2.96 bits per heavy atom. The second-order valence-corrected chi connectivity index (χ2v) is 5.38. The molecule has 0 aliphatic rings. The fourth-order valence-electron chi connectivity index (χ4n) is 2.29. The molecule has 1 amide bonds. The summed E-state index contributed by atoms with van der Waals surface area (Å²) in [4.78, 5) is 31.5. The van der Waals surface area contributed by atoms with Crippen LogP contribution < -0.4 is 16.6 Å². The van der Waals surface area contributed by atoms with E-state index >= 15 is 0 Å². The van der Waals surface area contributed by atoms with Crippen molar-refractivity contribution < 1.29 is 9.32 Å². The number of amides is 1. The maximum Gasteiger partial charge on any atom is 0.315 e. The lowest BCUT2D eigenvalue weighted by molar-refractivity contribution is 0.0958. The van der Waals surface area contributed by atoms with Crippen molar-refractivity contribution in [2.45, 2.75) is 26.1 Å². The molecule has 3 rings (SSSR count). The minimum Gasteiger partial charge on any atom is -0.361 e. The Morgan fingerprint density at radius 2 is 2.21 bits per heavy atom. The molecule has 0 unspecified atom stereocenters. The number of para-hydroxylation sites is 1. The van der Waals surface area contributed by atoms with Gasteiger partial charge in [0.2, 0.25) is 0 Å². The Morgan fingerprint density at radius 1 is 1.42 bits per heavy atom. The maximum atomic E-state index is 12.4. The molecule has 0 saturated heterocycles. The lowest BCUT2D eigenvalue weighted by atomic mass is 10.2.